The number of hydrogen-bond donors (Lipinski definition) is 0. The zero-order valence-corrected chi connectivity index (χ0v) is 11.7. The highest BCUT2D eigenvalue weighted by atomic mass is 127. The molecule has 1 aromatic carbocycles. The average Bonchev–Trinajstić information content (AvgIpc) is 2.18. The smallest absolute Gasteiger partial charge is 0.00404 e. The van der Waals surface area contributed by atoms with Crippen molar-refractivity contribution in [3.05, 3.63) is 51.6 Å². The second kappa shape index (κ2) is 5.50. The monoisotopic (exact) mass is 312 g/mol. The van der Waals surface area contributed by atoms with Gasteiger partial charge in [0.15, 0.2) is 0 Å². The summed E-state index contributed by atoms with van der Waals surface area (Å²) in [6.07, 6.45) is 6.42. The van der Waals surface area contributed by atoms with Gasteiger partial charge in [0.25, 0.3) is 0 Å². The molecular formula is C14H17I. The van der Waals surface area contributed by atoms with Gasteiger partial charge in [-0.25, -0.2) is 0 Å². The zero-order chi connectivity index (χ0) is 11.3. The fourth-order valence-corrected chi connectivity index (χ4v) is 1.27. The van der Waals surface area contributed by atoms with E-state index in [-0.39, 0.29) is 5.41 Å². The van der Waals surface area contributed by atoms with Crippen LogP contribution in [0, 0.1) is 5.41 Å². The normalized spacial score (nSPS) is 13.5. The van der Waals surface area contributed by atoms with Crippen LogP contribution in [0.5, 0.6) is 0 Å². The second-order valence-corrected chi connectivity index (χ2v) is 5.70. The Bertz CT molecular complexity index is 353. The number of rotatable bonds is 2. The van der Waals surface area contributed by atoms with Gasteiger partial charge in [0, 0.05) is 0 Å². The Hall–Kier alpha value is -0.570. The van der Waals surface area contributed by atoms with E-state index < -0.39 is 0 Å². The van der Waals surface area contributed by atoms with Crippen molar-refractivity contribution in [3.63, 3.8) is 0 Å². The lowest BCUT2D eigenvalue weighted by molar-refractivity contribution is 0.539. The molecule has 0 atom stereocenters. The van der Waals surface area contributed by atoms with E-state index in [2.05, 4.69) is 85.9 Å². The lowest BCUT2D eigenvalue weighted by atomic mass is 9.96. The molecule has 1 rings (SSSR count). The molecular weight excluding hydrogens is 295 g/mol. The highest BCUT2D eigenvalue weighted by Gasteiger charge is 2.12. The molecule has 0 aliphatic rings. The van der Waals surface area contributed by atoms with Crippen molar-refractivity contribution in [2.45, 2.75) is 20.8 Å². The van der Waals surface area contributed by atoms with Gasteiger partial charge >= 0.3 is 0 Å². The maximum absolute atomic E-state index is 2.40. The van der Waals surface area contributed by atoms with E-state index in [1.54, 1.807) is 0 Å². The fourth-order valence-electron chi connectivity index (χ4n) is 1.06. The minimum Gasteiger partial charge on any atom is -0.0622 e. The molecule has 0 aromatic heterocycles. The van der Waals surface area contributed by atoms with Gasteiger partial charge in [-0.3, -0.25) is 0 Å². The number of allylic oxidation sites excluding steroid dienone is 3. The van der Waals surface area contributed by atoms with Crippen LogP contribution < -0.4 is 0 Å². The standard InChI is InChI=1S/C14H17I/c1-14(2,3)13(15)11-7-10-12-8-5-4-6-9-12/h4-11H,1-3H3/b10-7?,13-11-. The third-order valence-electron chi connectivity index (χ3n) is 2.05. The predicted molar refractivity (Wildman–Crippen MR) is 77.0 cm³/mol. The minimum absolute atomic E-state index is 0.252. The van der Waals surface area contributed by atoms with Gasteiger partial charge in [-0.1, -0.05) is 69.3 Å². The molecule has 0 fully saturated rings. The van der Waals surface area contributed by atoms with Crippen molar-refractivity contribution in [3.8, 4) is 0 Å². The Labute approximate surface area is 106 Å². The third-order valence-corrected chi connectivity index (χ3v) is 4.02. The van der Waals surface area contributed by atoms with E-state index in [1.807, 2.05) is 6.07 Å². The Morgan fingerprint density at radius 3 is 2.27 bits per heavy atom. The van der Waals surface area contributed by atoms with Crippen LogP contribution in [0.15, 0.2) is 46.1 Å². The van der Waals surface area contributed by atoms with Gasteiger partial charge in [0.2, 0.25) is 0 Å². The van der Waals surface area contributed by atoms with Crippen molar-refractivity contribution in [1.82, 2.24) is 0 Å². The molecule has 0 radical (unpaired) electrons. The van der Waals surface area contributed by atoms with Crippen LogP contribution in [0.2, 0.25) is 0 Å². The number of halogens is 1. The maximum Gasteiger partial charge on any atom is -0.00404 e. The van der Waals surface area contributed by atoms with E-state index in [1.165, 1.54) is 9.14 Å². The predicted octanol–water partition coefficient (Wildman–Crippen LogP) is 5.06. The number of hydrogen-bond acceptors (Lipinski definition) is 0. The lowest BCUT2D eigenvalue weighted by Gasteiger charge is -2.16. The Balaban J connectivity index is 2.69. The topological polar surface area (TPSA) is 0 Å². The lowest BCUT2D eigenvalue weighted by Crippen LogP contribution is -2.03. The van der Waals surface area contributed by atoms with Crippen LogP contribution in [-0.2, 0) is 0 Å². The first-order valence-electron chi connectivity index (χ1n) is 5.09. The molecule has 0 saturated heterocycles. The quantitative estimate of drug-likeness (QED) is 0.528. The van der Waals surface area contributed by atoms with Crippen LogP contribution in [-0.4, -0.2) is 0 Å². The first-order valence-corrected chi connectivity index (χ1v) is 6.17. The van der Waals surface area contributed by atoms with Gasteiger partial charge < -0.3 is 0 Å². The molecule has 0 unspecified atom stereocenters. The van der Waals surface area contributed by atoms with Crippen LogP contribution in [0.25, 0.3) is 6.08 Å². The largest absolute Gasteiger partial charge is 0.0622 e. The van der Waals surface area contributed by atoms with E-state index in [4.69, 9.17) is 0 Å². The highest BCUT2D eigenvalue weighted by molar-refractivity contribution is 14.1. The molecule has 1 aromatic rings. The van der Waals surface area contributed by atoms with Crippen molar-refractivity contribution < 1.29 is 0 Å². The van der Waals surface area contributed by atoms with Crippen LogP contribution in [0.1, 0.15) is 26.3 Å². The SMILES string of the molecule is CC(C)(C)/C(I)=C/C=Cc1ccccc1. The summed E-state index contributed by atoms with van der Waals surface area (Å²) >= 11 is 2.40. The van der Waals surface area contributed by atoms with Crippen LogP contribution in [0.3, 0.4) is 0 Å². The minimum atomic E-state index is 0.252. The van der Waals surface area contributed by atoms with Crippen LogP contribution in [0.4, 0.5) is 0 Å². The number of benzene rings is 1. The van der Waals surface area contributed by atoms with E-state index in [9.17, 15) is 0 Å². The van der Waals surface area contributed by atoms with E-state index >= 15 is 0 Å². The molecule has 0 bridgehead atoms. The summed E-state index contributed by atoms with van der Waals surface area (Å²) in [5.74, 6) is 0. The molecule has 1 heteroatoms. The summed E-state index contributed by atoms with van der Waals surface area (Å²) in [7, 11) is 0. The summed E-state index contributed by atoms with van der Waals surface area (Å²) in [6.45, 7) is 6.67. The Kier molecular flexibility index (Phi) is 4.58. The second-order valence-electron chi connectivity index (χ2n) is 4.53. The molecule has 0 heterocycles. The summed E-state index contributed by atoms with van der Waals surface area (Å²) in [5.41, 5.74) is 1.49. The fraction of sp³-hybridized carbons (Fsp3) is 0.286. The van der Waals surface area contributed by atoms with Crippen molar-refractivity contribution in [2.75, 3.05) is 0 Å². The first-order chi connectivity index (χ1) is 7.00. The van der Waals surface area contributed by atoms with Gasteiger partial charge in [0.05, 0.1) is 0 Å². The molecule has 15 heavy (non-hydrogen) atoms. The first kappa shape index (κ1) is 12.5. The summed E-state index contributed by atoms with van der Waals surface area (Å²) < 4.78 is 1.37. The molecule has 0 amide bonds. The Morgan fingerprint density at radius 1 is 1.13 bits per heavy atom. The van der Waals surface area contributed by atoms with Gasteiger partial charge in [-0.15, -0.1) is 0 Å². The van der Waals surface area contributed by atoms with Gasteiger partial charge in [-0.05, 0) is 37.1 Å². The molecule has 80 valence electrons. The highest BCUT2D eigenvalue weighted by Crippen LogP contribution is 2.30. The molecule has 0 nitrogen and oxygen atoms in total. The van der Waals surface area contributed by atoms with Gasteiger partial charge in [-0.2, -0.15) is 0 Å². The van der Waals surface area contributed by atoms with Crippen LogP contribution >= 0.6 is 22.6 Å². The molecule has 0 N–H and O–H groups in total. The van der Waals surface area contributed by atoms with Crippen molar-refractivity contribution in [1.29, 1.82) is 0 Å². The third kappa shape index (κ3) is 4.65. The van der Waals surface area contributed by atoms with E-state index in [0.717, 1.165) is 0 Å². The average molecular weight is 312 g/mol. The van der Waals surface area contributed by atoms with Gasteiger partial charge in [0.1, 0.15) is 0 Å². The van der Waals surface area contributed by atoms with Crippen molar-refractivity contribution in [2.24, 2.45) is 5.41 Å². The molecule has 0 aliphatic heterocycles. The Morgan fingerprint density at radius 2 is 1.73 bits per heavy atom. The molecule has 0 saturated carbocycles. The van der Waals surface area contributed by atoms with Crippen molar-refractivity contribution >= 4 is 28.7 Å². The summed E-state index contributed by atoms with van der Waals surface area (Å²) in [4.78, 5) is 0. The zero-order valence-electron chi connectivity index (χ0n) is 9.50. The molecule has 0 spiro atoms. The molecule has 0 aliphatic carbocycles. The van der Waals surface area contributed by atoms with E-state index in [0.29, 0.717) is 0 Å². The summed E-state index contributed by atoms with van der Waals surface area (Å²) in [6, 6.07) is 10.4. The maximum atomic E-state index is 2.40. The summed E-state index contributed by atoms with van der Waals surface area (Å²) in [5, 5.41) is 0.